The summed E-state index contributed by atoms with van der Waals surface area (Å²) >= 11 is 1.59. The van der Waals surface area contributed by atoms with Crippen LogP contribution in [0.4, 0.5) is 5.95 Å². The Kier molecular flexibility index (Phi) is 3.43. The minimum Gasteiger partial charge on any atom is -0.338 e. The molecule has 2 rings (SSSR count). The molecule has 5 nitrogen and oxygen atoms in total. The molecular formula is C10H13N5S. The molecule has 0 radical (unpaired) electrons. The maximum absolute atomic E-state index is 5.54. The summed E-state index contributed by atoms with van der Waals surface area (Å²) in [5.74, 6) is 0.677. The van der Waals surface area contributed by atoms with Crippen LogP contribution in [-0.4, -0.2) is 22.0 Å². The lowest BCUT2D eigenvalue weighted by atomic mass is 10.4. The van der Waals surface area contributed by atoms with Gasteiger partial charge in [-0.2, -0.15) is 0 Å². The summed E-state index contributed by atoms with van der Waals surface area (Å²) in [6.07, 6.45) is 1.72. The summed E-state index contributed by atoms with van der Waals surface area (Å²) in [4.78, 5) is 14.7. The van der Waals surface area contributed by atoms with Gasteiger partial charge in [0.05, 0.1) is 23.4 Å². The third-order valence-corrected chi connectivity index (χ3v) is 2.77. The van der Waals surface area contributed by atoms with Crippen molar-refractivity contribution in [2.45, 2.75) is 13.1 Å². The van der Waals surface area contributed by atoms with Gasteiger partial charge in [0.25, 0.3) is 0 Å². The Morgan fingerprint density at radius 3 is 2.94 bits per heavy atom. The number of nitrogens with zero attached hydrogens (tertiary/aromatic N) is 4. The summed E-state index contributed by atoms with van der Waals surface area (Å²) < 4.78 is 0. The molecule has 0 fully saturated rings. The van der Waals surface area contributed by atoms with Crippen molar-refractivity contribution >= 4 is 17.3 Å². The van der Waals surface area contributed by atoms with Gasteiger partial charge in [0.15, 0.2) is 0 Å². The quantitative estimate of drug-likeness (QED) is 0.857. The fourth-order valence-corrected chi connectivity index (χ4v) is 1.86. The predicted octanol–water partition coefficient (Wildman–Crippen LogP) is 1.03. The zero-order valence-electron chi connectivity index (χ0n) is 9.00. The Morgan fingerprint density at radius 2 is 2.25 bits per heavy atom. The molecule has 84 valence electrons. The van der Waals surface area contributed by atoms with Gasteiger partial charge < -0.3 is 10.6 Å². The van der Waals surface area contributed by atoms with E-state index in [0.717, 1.165) is 11.4 Å². The Balaban J connectivity index is 2.11. The van der Waals surface area contributed by atoms with Crippen LogP contribution in [0.1, 0.15) is 11.4 Å². The molecule has 2 heterocycles. The highest BCUT2D eigenvalue weighted by molar-refractivity contribution is 7.07. The van der Waals surface area contributed by atoms with Crippen molar-refractivity contribution in [3.05, 3.63) is 34.5 Å². The van der Waals surface area contributed by atoms with Crippen LogP contribution in [0.15, 0.2) is 23.2 Å². The van der Waals surface area contributed by atoms with Gasteiger partial charge in [-0.3, -0.25) is 0 Å². The van der Waals surface area contributed by atoms with Gasteiger partial charge in [-0.1, -0.05) is 0 Å². The SMILES string of the molecule is CN(Cc1cscn1)c1nccc(CN)n1. The fourth-order valence-electron chi connectivity index (χ4n) is 1.31. The minimum atomic E-state index is 0.431. The molecule has 0 saturated heterocycles. The van der Waals surface area contributed by atoms with Crippen molar-refractivity contribution in [3.8, 4) is 0 Å². The summed E-state index contributed by atoms with van der Waals surface area (Å²) in [7, 11) is 1.94. The predicted molar refractivity (Wildman–Crippen MR) is 64.1 cm³/mol. The molecule has 0 bridgehead atoms. The van der Waals surface area contributed by atoms with Gasteiger partial charge in [0, 0.05) is 25.2 Å². The Bertz CT molecular complexity index is 442. The van der Waals surface area contributed by atoms with Crippen molar-refractivity contribution in [2.24, 2.45) is 5.73 Å². The summed E-state index contributed by atoms with van der Waals surface area (Å²) in [6, 6.07) is 1.82. The van der Waals surface area contributed by atoms with Crippen LogP contribution < -0.4 is 10.6 Å². The van der Waals surface area contributed by atoms with E-state index < -0.39 is 0 Å². The molecule has 6 heteroatoms. The van der Waals surface area contributed by atoms with Crippen LogP contribution in [-0.2, 0) is 13.1 Å². The lowest BCUT2D eigenvalue weighted by Crippen LogP contribution is -2.20. The Morgan fingerprint density at radius 1 is 1.38 bits per heavy atom. The van der Waals surface area contributed by atoms with E-state index in [1.807, 2.05) is 28.9 Å². The normalized spacial score (nSPS) is 10.4. The van der Waals surface area contributed by atoms with Crippen molar-refractivity contribution in [3.63, 3.8) is 0 Å². The zero-order valence-corrected chi connectivity index (χ0v) is 9.81. The number of aromatic nitrogens is 3. The smallest absolute Gasteiger partial charge is 0.225 e. The molecule has 2 aromatic rings. The van der Waals surface area contributed by atoms with Crippen LogP contribution in [0.25, 0.3) is 0 Å². The van der Waals surface area contributed by atoms with Crippen molar-refractivity contribution in [1.82, 2.24) is 15.0 Å². The van der Waals surface area contributed by atoms with E-state index in [4.69, 9.17) is 5.73 Å². The summed E-state index contributed by atoms with van der Waals surface area (Å²) in [5, 5.41) is 2.02. The molecule has 0 amide bonds. The molecular weight excluding hydrogens is 222 g/mol. The standard InChI is InChI=1S/C10H13N5S/c1-15(5-9-6-16-7-13-9)10-12-3-2-8(4-11)14-10/h2-3,6-7H,4-5,11H2,1H3. The van der Waals surface area contributed by atoms with E-state index in [2.05, 4.69) is 15.0 Å². The first kappa shape index (κ1) is 11.0. The highest BCUT2D eigenvalue weighted by Crippen LogP contribution is 2.10. The molecule has 0 aliphatic rings. The molecule has 16 heavy (non-hydrogen) atoms. The van der Waals surface area contributed by atoms with Crippen molar-refractivity contribution in [2.75, 3.05) is 11.9 Å². The molecule has 0 aliphatic heterocycles. The first-order valence-corrected chi connectivity index (χ1v) is 5.84. The molecule has 0 atom stereocenters. The van der Waals surface area contributed by atoms with Gasteiger partial charge in [-0.05, 0) is 6.07 Å². The molecule has 0 saturated carbocycles. The molecule has 0 aliphatic carbocycles. The highest BCUT2D eigenvalue weighted by Gasteiger charge is 2.06. The first-order valence-electron chi connectivity index (χ1n) is 4.90. The van der Waals surface area contributed by atoms with E-state index in [9.17, 15) is 0 Å². The second-order valence-corrected chi connectivity index (χ2v) is 4.11. The maximum atomic E-state index is 5.54. The van der Waals surface area contributed by atoms with E-state index in [0.29, 0.717) is 19.0 Å². The lowest BCUT2D eigenvalue weighted by molar-refractivity contribution is 0.831. The summed E-state index contributed by atoms with van der Waals surface area (Å²) in [6.45, 7) is 1.14. The van der Waals surface area contributed by atoms with E-state index in [-0.39, 0.29) is 0 Å². The number of nitrogens with two attached hydrogens (primary N) is 1. The maximum Gasteiger partial charge on any atom is 0.225 e. The summed E-state index contributed by atoms with van der Waals surface area (Å²) in [5.41, 5.74) is 9.22. The fraction of sp³-hybridized carbons (Fsp3) is 0.300. The topological polar surface area (TPSA) is 67.9 Å². The van der Waals surface area contributed by atoms with Crippen LogP contribution in [0.2, 0.25) is 0 Å². The lowest BCUT2D eigenvalue weighted by Gasteiger charge is -2.15. The molecule has 0 spiro atoms. The second kappa shape index (κ2) is 5.00. The van der Waals surface area contributed by atoms with Crippen LogP contribution in [0, 0.1) is 0 Å². The monoisotopic (exact) mass is 235 g/mol. The zero-order chi connectivity index (χ0) is 11.4. The molecule has 0 unspecified atom stereocenters. The van der Waals surface area contributed by atoms with Gasteiger partial charge in [-0.25, -0.2) is 15.0 Å². The number of anilines is 1. The minimum absolute atomic E-state index is 0.431. The average molecular weight is 235 g/mol. The van der Waals surface area contributed by atoms with Gasteiger partial charge >= 0.3 is 0 Å². The van der Waals surface area contributed by atoms with Crippen molar-refractivity contribution < 1.29 is 0 Å². The third-order valence-electron chi connectivity index (χ3n) is 2.13. The first-order chi connectivity index (χ1) is 7.79. The second-order valence-electron chi connectivity index (χ2n) is 3.39. The van der Waals surface area contributed by atoms with E-state index >= 15 is 0 Å². The number of hydrogen-bond donors (Lipinski definition) is 1. The average Bonchev–Trinajstić information content (AvgIpc) is 2.82. The van der Waals surface area contributed by atoms with E-state index in [1.165, 1.54) is 0 Å². The van der Waals surface area contributed by atoms with Crippen molar-refractivity contribution in [1.29, 1.82) is 0 Å². The van der Waals surface area contributed by atoms with Crippen LogP contribution in [0.3, 0.4) is 0 Å². The highest BCUT2D eigenvalue weighted by atomic mass is 32.1. The molecule has 2 N–H and O–H groups in total. The van der Waals surface area contributed by atoms with Crippen LogP contribution in [0.5, 0.6) is 0 Å². The largest absolute Gasteiger partial charge is 0.338 e. The number of thiazole rings is 1. The Labute approximate surface area is 98.0 Å². The number of hydrogen-bond acceptors (Lipinski definition) is 6. The van der Waals surface area contributed by atoms with E-state index in [1.54, 1.807) is 17.5 Å². The van der Waals surface area contributed by atoms with Gasteiger partial charge in [0.2, 0.25) is 5.95 Å². The van der Waals surface area contributed by atoms with Crippen LogP contribution >= 0.6 is 11.3 Å². The molecule has 0 aromatic carbocycles. The number of rotatable bonds is 4. The third kappa shape index (κ3) is 2.53. The Hall–Kier alpha value is -1.53. The van der Waals surface area contributed by atoms with Gasteiger partial charge in [0.1, 0.15) is 0 Å². The molecule has 2 aromatic heterocycles. The van der Waals surface area contributed by atoms with Gasteiger partial charge in [-0.15, -0.1) is 11.3 Å².